The summed E-state index contributed by atoms with van der Waals surface area (Å²) in [4.78, 5) is 27.2. The van der Waals surface area contributed by atoms with E-state index in [2.05, 4.69) is 11.4 Å². The van der Waals surface area contributed by atoms with E-state index in [1.807, 2.05) is 35.2 Å². The van der Waals surface area contributed by atoms with Gasteiger partial charge in [0.25, 0.3) is 0 Å². The Morgan fingerprint density at radius 2 is 1.75 bits per heavy atom. The van der Waals surface area contributed by atoms with Crippen LogP contribution in [0.25, 0.3) is 6.08 Å². The van der Waals surface area contributed by atoms with Crippen molar-refractivity contribution in [1.29, 1.82) is 5.26 Å². The number of likely N-dealkylation sites (tertiary alicyclic amines) is 1. The lowest BCUT2D eigenvalue weighted by atomic mass is 10.0. The lowest BCUT2D eigenvalue weighted by molar-refractivity contribution is -0.134. The first-order chi connectivity index (χ1) is 13.7. The Hall–Kier alpha value is -3.39. The van der Waals surface area contributed by atoms with E-state index in [0.717, 1.165) is 37.1 Å². The number of carbonyl (C=O) groups excluding carboxylic acids is 2. The van der Waals surface area contributed by atoms with Gasteiger partial charge in [-0.15, -0.1) is 0 Å². The molecule has 1 saturated heterocycles. The molecule has 1 N–H and O–H groups in total. The van der Waals surface area contributed by atoms with E-state index < -0.39 is 6.04 Å². The van der Waals surface area contributed by atoms with Crippen LogP contribution in [0.4, 0.5) is 0 Å². The average Bonchev–Trinajstić information content (AvgIpc) is 3.27. The van der Waals surface area contributed by atoms with Gasteiger partial charge in [0.05, 0.1) is 11.6 Å². The minimum Gasteiger partial charge on any atom is -0.341 e. The van der Waals surface area contributed by atoms with E-state index in [1.54, 1.807) is 30.3 Å². The standard InChI is InChI=1S/C23H23N3O2/c24-17-20-10-8-18(9-11-20)12-13-22(27)25-21(16-19-6-2-1-3-7-19)23(28)26-14-4-5-15-26/h1-3,6-13,21H,4-5,14-16H2,(H,25,27)/b13-12-/t21-/m0/s1. The molecule has 2 amide bonds. The molecule has 1 fully saturated rings. The summed E-state index contributed by atoms with van der Waals surface area (Å²) < 4.78 is 0. The molecule has 0 unspecified atom stereocenters. The number of rotatable bonds is 6. The van der Waals surface area contributed by atoms with Crippen LogP contribution in [0.15, 0.2) is 60.7 Å². The molecule has 3 rings (SSSR count). The van der Waals surface area contributed by atoms with Crippen LogP contribution in [0.5, 0.6) is 0 Å². The van der Waals surface area contributed by atoms with Crippen LogP contribution in [0.1, 0.15) is 29.5 Å². The maximum Gasteiger partial charge on any atom is 0.245 e. The molecule has 0 spiro atoms. The Morgan fingerprint density at radius 3 is 2.39 bits per heavy atom. The first-order valence-electron chi connectivity index (χ1n) is 9.47. The third kappa shape index (κ3) is 5.31. The van der Waals surface area contributed by atoms with Crippen molar-refractivity contribution in [1.82, 2.24) is 10.2 Å². The summed E-state index contributed by atoms with van der Waals surface area (Å²) in [7, 11) is 0. The zero-order valence-electron chi connectivity index (χ0n) is 15.7. The van der Waals surface area contributed by atoms with Crippen molar-refractivity contribution < 1.29 is 9.59 Å². The van der Waals surface area contributed by atoms with Gasteiger partial charge in [0, 0.05) is 25.6 Å². The van der Waals surface area contributed by atoms with Crippen molar-refractivity contribution in [2.75, 3.05) is 13.1 Å². The number of benzene rings is 2. The number of hydrogen-bond acceptors (Lipinski definition) is 3. The third-order valence-electron chi connectivity index (χ3n) is 4.78. The number of nitrogens with zero attached hydrogens (tertiary/aromatic N) is 2. The van der Waals surface area contributed by atoms with E-state index in [0.29, 0.717) is 12.0 Å². The Bertz CT molecular complexity index is 876. The second-order valence-electron chi connectivity index (χ2n) is 6.85. The maximum atomic E-state index is 12.9. The normalized spacial score (nSPS) is 14.6. The van der Waals surface area contributed by atoms with Gasteiger partial charge in [0.2, 0.25) is 11.8 Å². The van der Waals surface area contributed by atoms with Crippen LogP contribution in [0.2, 0.25) is 0 Å². The zero-order chi connectivity index (χ0) is 19.8. The van der Waals surface area contributed by atoms with E-state index in [9.17, 15) is 9.59 Å². The summed E-state index contributed by atoms with van der Waals surface area (Å²) in [5.41, 5.74) is 2.40. The second-order valence-corrected chi connectivity index (χ2v) is 6.85. The molecule has 5 nitrogen and oxygen atoms in total. The van der Waals surface area contributed by atoms with Crippen molar-refractivity contribution in [3.8, 4) is 6.07 Å². The summed E-state index contributed by atoms with van der Waals surface area (Å²) in [6.07, 6.45) is 5.59. The Labute approximate surface area is 165 Å². The fourth-order valence-corrected chi connectivity index (χ4v) is 3.27. The van der Waals surface area contributed by atoms with Gasteiger partial charge in [-0.25, -0.2) is 0 Å². The fraction of sp³-hybridized carbons (Fsp3) is 0.261. The number of carbonyl (C=O) groups is 2. The Balaban J connectivity index is 1.68. The second kappa shape index (κ2) is 9.52. The molecule has 1 aliphatic heterocycles. The zero-order valence-corrected chi connectivity index (χ0v) is 15.7. The molecular formula is C23H23N3O2. The maximum absolute atomic E-state index is 12.9. The van der Waals surface area contributed by atoms with Crippen molar-refractivity contribution >= 4 is 17.9 Å². The van der Waals surface area contributed by atoms with Crippen molar-refractivity contribution in [3.63, 3.8) is 0 Å². The molecule has 0 bridgehead atoms. The fourth-order valence-electron chi connectivity index (χ4n) is 3.27. The molecule has 0 radical (unpaired) electrons. The minimum absolute atomic E-state index is 0.0264. The summed E-state index contributed by atoms with van der Waals surface area (Å²) in [6, 6.07) is 18.1. The van der Waals surface area contributed by atoms with Crippen LogP contribution in [0, 0.1) is 11.3 Å². The number of amides is 2. The average molecular weight is 373 g/mol. The highest BCUT2D eigenvalue weighted by atomic mass is 16.2. The van der Waals surface area contributed by atoms with Crippen LogP contribution < -0.4 is 5.32 Å². The monoisotopic (exact) mass is 373 g/mol. The predicted molar refractivity (Wildman–Crippen MR) is 108 cm³/mol. The molecule has 2 aromatic rings. The summed E-state index contributed by atoms with van der Waals surface area (Å²) >= 11 is 0. The molecular weight excluding hydrogens is 350 g/mol. The van der Waals surface area contributed by atoms with Crippen LogP contribution in [0.3, 0.4) is 0 Å². The van der Waals surface area contributed by atoms with E-state index in [1.165, 1.54) is 6.08 Å². The topological polar surface area (TPSA) is 73.2 Å². The van der Waals surface area contributed by atoms with Gasteiger partial charge in [0.1, 0.15) is 6.04 Å². The highest BCUT2D eigenvalue weighted by Gasteiger charge is 2.27. The number of nitriles is 1. The van der Waals surface area contributed by atoms with Gasteiger partial charge in [-0.1, -0.05) is 42.5 Å². The van der Waals surface area contributed by atoms with Crippen LogP contribution >= 0.6 is 0 Å². The third-order valence-corrected chi connectivity index (χ3v) is 4.78. The molecule has 1 aliphatic rings. The van der Waals surface area contributed by atoms with E-state index in [-0.39, 0.29) is 11.8 Å². The van der Waals surface area contributed by atoms with Crippen LogP contribution in [-0.2, 0) is 16.0 Å². The van der Waals surface area contributed by atoms with Gasteiger partial charge in [0.15, 0.2) is 0 Å². The van der Waals surface area contributed by atoms with Crippen LogP contribution in [-0.4, -0.2) is 35.8 Å². The summed E-state index contributed by atoms with van der Waals surface area (Å²) in [5, 5.41) is 11.7. The van der Waals surface area contributed by atoms with Gasteiger partial charge in [-0.2, -0.15) is 5.26 Å². The van der Waals surface area contributed by atoms with Gasteiger partial charge >= 0.3 is 0 Å². The van der Waals surface area contributed by atoms with Crippen molar-refractivity contribution in [3.05, 3.63) is 77.4 Å². The quantitative estimate of drug-likeness (QED) is 0.791. The summed E-state index contributed by atoms with van der Waals surface area (Å²) in [6.45, 7) is 1.50. The van der Waals surface area contributed by atoms with Gasteiger partial charge < -0.3 is 10.2 Å². The molecule has 5 heteroatoms. The Kier molecular flexibility index (Phi) is 6.59. The smallest absolute Gasteiger partial charge is 0.245 e. The number of hydrogen-bond donors (Lipinski definition) is 1. The molecule has 0 aliphatic carbocycles. The molecule has 0 aromatic heterocycles. The molecule has 28 heavy (non-hydrogen) atoms. The highest BCUT2D eigenvalue weighted by Crippen LogP contribution is 2.12. The molecule has 142 valence electrons. The molecule has 1 heterocycles. The summed E-state index contributed by atoms with van der Waals surface area (Å²) in [5.74, 6) is -0.334. The molecule has 2 aromatic carbocycles. The van der Waals surface area contributed by atoms with Gasteiger partial charge in [-0.3, -0.25) is 9.59 Å². The SMILES string of the molecule is N#Cc1ccc(/C=C\C(=O)N[C@@H](Cc2ccccc2)C(=O)N2CCCC2)cc1. The van der Waals surface area contributed by atoms with E-state index in [4.69, 9.17) is 5.26 Å². The van der Waals surface area contributed by atoms with Crippen molar-refractivity contribution in [2.45, 2.75) is 25.3 Å². The molecule has 1 atom stereocenters. The molecule has 0 saturated carbocycles. The highest BCUT2D eigenvalue weighted by molar-refractivity contribution is 5.95. The number of nitrogens with one attached hydrogen (secondary N) is 1. The lowest BCUT2D eigenvalue weighted by Gasteiger charge is -2.23. The first kappa shape index (κ1) is 19.4. The van der Waals surface area contributed by atoms with E-state index >= 15 is 0 Å². The lowest BCUT2D eigenvalue weighted by Crippen LogP contribution is -2.48. The van der Waals surface area contributed by atoms with Gasteiger partial charge in [-0.05, 0) is 42.2 Å². The first-order valence-corrected chi connectivity index (χ1v) is 9.47. The van der Waals surface area contributed by atoms with Crippen molar-refractivity contribution in [2.24, 2.45) is 0 Å². The predicted octanol–water partition coefficient (Wildman–Crippen LogP) is 2.92. The Morgan fingerprint density at radius 1 is 1.07 bits per heavy atom. The largest absolute Gasteiger partial charge is 0.341 e. The minimum atomic E-state index is -0.585.